The fourth-order valence-corrected chi connectivity index (χ4v) is 2.82. The number of hydrogen-bond donors (Lipinski definition) is 1. The van der Waals surface area contributed by atoms with Gasteiger partial charge in [-0.1, -0.05) is 27.3 Å². The van der Waals surface area contributed by atoms with Gasteiger partial charge in [0.25, 0.3) is 5.19 Å². The second-order valence-electron chi connectivity index (χ2n) is 3.86. The molecule has 90 valence electrons. The number of nitrogens with two attached hydrogens (primary N) is 1. The van der Waals surface area contributed by atoms with Gasteiger partial charge in [0.1, 0.15) is 0 Å². The number of anilines is 1. The van der Waals surface area contributed by atoms with Gasteiger partial charge in [-0.25, -0.2) is 4.98 Å². The van der Waals surface area contributed by atoms with E-state index in [2.05, 4.69) is 20.9 Å². The van der Waals surface area contributed by atoms with Crippen LogP contribution in [0.3, 0.4) is 0 Å². The van der Waals surface area contributed by atoms with Gasteiger partial charge in [-0.3, -0.25) is 0 Å². The summed E-state index contributed by atoms with van der Waals surface area (Å²) >= 11 is 4.93. The predicted molar refractivity (Wildman–Crippen MR) is 75.0 cm³/mol. The van der Waals surface area contributed by atoms with Gasteiger partial charge in [0.05, 0.1) is 11.4 Å². The molecular weight excluding hydrogens is 300 g/mol. The number of aromatic nitrogens is 1. The molecule has 0 spiro atoms. The van der Waals surface area contributed by atoms with Crippen LogP contribution in [0.1, 0.15) is 16.1 Å². The van der Waals surface area contributed by atoms with Gasteiger partial charge in [-0.05, 0) is 38.5 Å². The van der Waals surface area contributed by atoms with Crippen LogP contribution < -0.4 is 10.5 Å². The van der Waals surface area contributed by atoms with Crippen molar-refractivity contribution in [3.05, 3.63) is 32.7 Å². The monoisotopic (exact) mass is 312 g/mol. The number of aryl methyl sites for hydroxylation is 3. The Morgan fingerprint density at radius 3 is 2.53 bits per heavy atom. The first-order chi connectivity index (χ1) is 7.97. The largest absolute Gasteiger partial charge is 0.428 e. The highest BCUT2D eigenvalue weighted by atomic mass is 79.9. The van der Waals surface area contributed by atoms with E-state index in [4.69, 9.17) is 10.5 Å². The average molecular weight is 313 g/mol. The van der Waals surface area contributed by atoms with Crippen molar-refractivity contribution in [2.24, 2.45) is 0 Å². The number of nitrogen functional groups attached to an aromatic ring is 1. The van der Waals surface area contributed by atoms with Gasteiger partial charge in [0.2, 0.25) is 0 Å². The smallest absolute Gasteiger partial charge is 0.279 e. The zero-order valence-electron chi connectivity index (χ0n) is 9.87. The van der Waals surface area contributed by atoms with Crippen molar-refractivity contribution in [3.8, 4) is 10.9 Å². The molecule has 0 radical (unpaired) electrons. The van der Waals surface area contributed by atoms with Crippen LogP contribution in [0.5, 0.6) is 10.9 Å². The van der Waals surface area contributed by atoms with Crippen LogP contribution in [0, 0.1) is 20.8 Å². The molecule has 0 atom stereocenters. The van der Waals surface area contributed by atoms with Crippen molar-refractivity contribution < 1.29 is 4.74 Å². The maximum Gasteiger partial charge on any atom is 0.279 e. The molecule has 2 rings (SSSR count). The highest BCUT2D eigenvalue weighted by Crippen LogP contribution is 2.35. The Bertz CT molecular complexity index is 523. The van der Waals surface area contributed by atoms with E-state index in [0.29, 0.717) is 16.6 Å². The summed E-state index contributed by atoms with van der Waals surface area (Å²) in [5.74, 6) is 0.682. The standard InChI is InChI=1S/C12H13BrN2OS/c1-6-4-9(13)5-10(14)11(6)16-12-15-7(2)8(3)17-12/h4-5H,14H2,1-3H3. The third-order valence-electron chi connectivity index (χ3n) is 2.47. The molecule has 0 unspecified atom stereocenters. The van der Waals surface area contributed by atoms with Crippen molar-refractivity contribution in [2.75, 3.05) is 5.73 Å². The number of thiazole rings is 1. The normalized spacial score (nSPS) is 10.6. The molecule has 5 heteroatoms. The van der Waals surface area contributed by atoms with E-state index < -0.39 is 0 Å². The SMILES string of the molecule is Cc1cc(Br)cc(N)c1Oc1nc(C)c(C)s1. The molecule has 0 saturated heterocycles. The lowest BCUT2D eigenvalue weighted by molar-refractivity contribution is 0.476. The molecule has 0 aliphatic rings. The molecule has 3 nitrogen and oxygen atoms in total. The number of benzene rings is 1. The predicted octanol–water partition coefficient (Wildman–Crippen LogP) is 4.21. The molecule has 2 aromatic rings. The lowest BCUT2D eigenvalue weighted by Crippen LogP contribution is -1.94. The van der Waals surface area contributed by atoms with Crippen LogP contribution in [-0.2, 0) is 0 Å². The molecule has 1 heterocycles. The first-order valence-corrected chi connectivity index (χ1v) is 6.76. The summed E-state index contributed by atoms with van der Waals surface area (Å²) in [6.45, 7) is 5.96. The van der Waals surface area contributed by atoms with E-state index in [1.54, 1.807) is 0 Å². The molecule has 0 bridgehead atoms. The molecule has 0 amide bonds. The molecule has 0 aliphatic carbocycles. The number of hydrogen-bond acceptors (Lipinski definition) is 4. The van der Waals surface area contributed by atoms with Gasteiger partial charge < -0.3 is 10.5 Å². The van der Waals surface area contributed by atoms with Crippen LogP contribution >= 0.6 is 27.3 Å². The Kier molecular flexibility index (Phi) is 3.40. The second kappa shape index (κ2) is 4.66. The van der Waals surface area contributed by atoms with E-state index in [9.17, 15) is 0 Å². The second-order valence-corrected chi connectivity index (χ2v) is 5.95. The number of rotatable bonds is 2. The Morgan fingerprint density at radius 1 is 1.29 bits per heavy atom. The molecule has 17 heavy (non-hydrogen) atoms. The van der Waals surface area contributed by atoms with Crippen molar-refractivity contribution in [1.82, 2.24) is 4.98 Å². The number of nitrogens with zero attached hydrogens (tertiary/aromatic N) is 1. The fraction of sp³-hybridized carbons (Fsp3) is 0.250. The maximum absolute atomic E-state index is 5.94. The van der Waals surface area contributed by atoms with Gasteiger partial charge in [-0.15, -0.1) is 0 Å². The summed E-state index contributed by atoms with van der Waals surface area (Å²) in [4.78, 5) is 5.50. The molecule has 0 saturated carbocycles. The Morgan fingerprint density at radius 2 is 2.00 bits per heavy atom. The van der Waals surface area contributed by atoms with Crippen LogP contribution in [-0.4, -0.2) is 4.98 Å². The van der Waals surface area contributed by atoms with E-state index in [0.717, 1.165) is 20.6 Å². The zero-order valence-corrected chi connectivity index (χ0v) is 12.3. The lowest BCUT2D eigenvalue weighted by Gasteiger charge is -2.09. The van der Waals surface area contributed by atoms with Crippen molar-refractivity contribution in [2.45, 2.75) is 20.8 Å². The van der Waals surface area contributed by atoms with Crippen LogP contribution in [0.4, 0.5) is 5.69 Å². The fourth-order valence-electron chi connectivity index (χ4n) is 1.47. The van der Waals surface area contributed by atoms with E-state index in [1.807, 2.05) is 32.9 Å². The average Bonchev–Trinajstić information content (AvgIpc) is 2.52. The topological polar surface area (TPSA) is 48.1 Å². The molecule has 0 aliphatic heterocycles. The summed E-state index contributed by atoms with van der Waals surface area (Å²) in [6, 6.07) is 3.80. The van der Waals surface area contributed by atoms with Crippen LogP contribution in [0.25, 0.3) is 0 Å². The van der Waals surface area contributed by atoms with Crippen LogP contribution in [0.2, 0.25) is 0 Å². The van der Waals surface area contributed by atoms with Crippen LogP contribution in [0.15, 0.2) is 16.6 Å². The van der Waals surface area contributed by atoms with Crippen molar-refractivity contribution in [3.63, 3.8) is 0 Å². The lowest BCUT2D eigenvalue weighted by atomic mass is 10.2. The number of ether oxygens (including phenoxy) is 1. The molecule has 0 fully saturated rings. The third-order valence-corrected chi connectivity index (χ3v) is 3.88. The summed E-state index contributed by atoms with van der Waals surface area (Å²) in [5, 5.41) is 0.636. The number of halogens is 1. The minimum atomic E-state index is 0.613. The van der Waals surface area contributed by atoms with Crippen molar-refractivity contribution in [1.29, 1.82) is 0 Å². The molecular formula is C12H13BrN2OS. The van der Waals surface area contributed by atoms with E-state index in [1.165, 1.54) is 11.3 Å². The van der Waals surface area contributed by atoms with Gasteiger partial charge in [0.15, 0.2) is 5.75 Å². The van der Waals surface area contributed by atoms with Gasteiger partial charge in [0, 0.05) is 9.35 Å². The van der Waals surface area contributed by atoms with Gasteiger partial charge >= 0.3 is 0 Å². The highest BCUT2D eigenvalue weighted by Gasteiger charge is 2.11. The third kappa shape index (κ3) is 2.61. The summed E-state index contributed by atoms with van der Waals surface area (Å²) < 4.78 is 6.71. The first-order valence-electron chi connectivity index (χ1n) is 5.15. The summed E-state index contributed by atoms with van der Waals surface area (Å²) in [5.41, 5.74) is 8.54. The minimum absolute atomic E-state index is 0.613. The Hall–Kier alpha value is -1.07. The highest BCUT2D eigenvalue weighted by molar-refractivity contribution is 9.10. The first kappa shape index (κ1) is 12.4. The van der Waals surface area contributed by atoms with E-state index in [-0.39, 0.29) is 0 Å². The molecule has 2 N–H and O–H groups in total. The van der Waals surface area contributed by atoms with Gasteiger partial charge in [-0.2, -0.15) is 0 Å². The van der Waals surface area contributed by atoms with Crippen molar-refractivity contribution >= 4 is 33.0 Å². The summed E-state index contributed by atoms with van der Waals surface area (Å²) in [7, 11) is 0. The Balaban J connectivity index is 2.36. The minimum Gasteiger partial charge on any atom is -0.428 e. The maximum atomic E-state index is 5.94. The quantitative estimate of drug-likeness (QED) is 0.845. The summed E-state index contributed by atoms with van der Waals surface area (Å²) in [6.07, 6.45) is 0. The van der Waals surface area contributed by atoms with E-state index >= 15 is 0 Å². The zero-order chi connectivity index (χ0) is 12.6. The molecule has 1 aromatic carbocycles. The Labute approximate surface area is 113 Å². The molecule has 1 aromatic heterocycles.